The second-order valence-corrected chi connectivity index (χ2v) is 8.14. The number of methoxy groups -OCH3 is 1. The van der Waals surface area contributed by atoms with Gasteiger partial charge < -0.3 is 4.74 Å². The van der Waals surface area contributed by atoms with Gasteiger partial charge in [0.15, 0.2) is 11.0 Å². The molecule has 0 spiro atoms. The van der Waals surface area contributed by atoms with Crippen LogP contribution in [0.3, 0.4) is 0 Å². The molecule has 7 nitrogen and oxygen atoms in total. The summed E-state index contributed by atoms with van der Waals surface area (Å²) in [7, 11) is 1.63. The van der Waals surface area contributed by atoms with E-state index >= 15 is 0 Å². The summed E-state index contributed by atoms with van der Waals surface area (Å²) >= 11 is 1.30. The van der Waals surface area contributed by atoms with Crippen LogP contribution in [0.5, 0.6) is 5.75 Å². The highest BCUT2D eigenvalue weighted by Crippen LogP contribution is 2.28. The van der Waals surface area contributed by atoms with Gasteiger partial charge in [-0.05, 0) is 36.8 Å². The zero-order valence-electron chi connectivity index (χ0n) is 18.3. The quantitative estimate of drug-likeness (QED) is 0.239. The number of aryl methyl sites for hydroxylation is 1. The average molecular weight is 458 g/mol. The van der Waals surface area contributed by atoms with Crippen LogP contribution in [0, 0.1) is 6.92 Å². The van der Waals surface area contributed by atoms with Crippen molar-refractivity contribution in [3.63, 3.8) is 0 Å². The molecule has 0 fully saturated rings. The third-order valence-corrected chi connectivity index (χ3v) is 5.70. The Bertz CT molecular complexity index is 1250. The van der Waals surface area contributed by atoms with E-state index < -0.39 is 0 Å². The molecule has 0 saturated heterocycles. The van der Waals surface area contributed by atoms with Crippen molar-refractivity contribution in [3.05, 3.63) is 90.0 Å². The Labute approximate surface area is 196 Å². The molecule has 0 aliphatic heterocycles. The number of benzene rings is 3. The molecule has 8 heteroatoms. The topological polar surface area (TPSA) is 81.4 Å². The van der Waals surface area contributed by atoms with Crippen LogP contribution in [0.2, 0.25) is 0 Å². The third kappa shape index (κ3) is 5.67. The zero-order valence-corrected chi connectivity index (χ0v) is 19.1. The molecule has 0 bridgehead atoms. The van der Waals surface area contributed by atoms with Gasteiger partial charge >= 0.3 is 0 Å². The van der Waals surface area contributed by atoms with E-state index in [0.29, 0.717) is 11.0 Å². The second kappa shape index (κ2) is 10.6. The van der Waals surface area contributed by atoms with E-state index in [1.54, 1.807) is 13.3 Å². The maximum atomic E-state index is 12.4. The molecule has 1 heterocycles. The Balaban J connectivity index is 1.51. The minimum absolute atomic E-state index is 0.147. The SMILES string of the molecule is COc1ccc(-n2c(SCC(=O)N/N=C/c3cccc(C)c3)nnc2-c2ccccc2)cc1. The highest BCUT2D eigenvalue weighted by Gasteiger charge is 2.17. The number of rotatable bonds is 8. The largest absolute Gasteiger partial charge is 0.497 e. The van der Waals surface area contributed by atoms with Crippen molar-refractivity contribution in [3.8, 4) is 22.8 Å². The molecule has 0 unspecified atom stereocenters. The Morgan fingerprint density at radius 1 is 1.06 bits per heavy atom. The molecule has 0 aliphatic rings. The third-order valence-electron chi connectivity index (χ3n) is 4.77. The molecule has 0 saturated carbocycles. The lowest BCUT2D eigenvalue weighted by atomic mass is 10.2. The summed E-state index contributed by atoms with van der Waals surface area (Å²) in [5.41, 5.74) is 6.43. The summed E-state index contributed by atoms with van der Waals surface area (Å²) in [6, 6.07) is 25.3. The van der Waals surface area contributed by atoms with Crippen LogP contribution in [0.4, 0.5) is 0 Å². The first kappa shape index (κ1) is 22.3. The van der Waals surface area contributed by atoms with Crippen LogP contribution in [0.15, 0.2) is 89.1 Å². The molecule has 1 aromatic heterocycles. The predicted molar refractivity (Wildman–Crippen MR) is 131 cm³/mol. The highest BCUT2D eigenvalue weighted by atomic mass is 32.2. The van der Waals surface area contributed by atoms with Gasteiger partial charge in [0, 0.05) is 11.3 Å². The zero-order chi connectivity index (χ0) is 23.0. The smallest absolute Gasteiger partial charge is 0.250 e. The van der Waals surface area contributed by atoms with Crippen molar-refractivity contribution in [2.24, 2.45) is 5.10 Å². The summed E-state index contributed by atoms with van der Waals surface area (Å²) < 4.78 is 7.21. The van der Waals surface area contributed by atoms with Crippen molar-refractivity contribution >= 4 is 23.9 Å². The summed E-state index contributed by atoms with van der Waals surface area (Å²) in [5.74, 6) is 1.37. The first-order chi connectivity index (χ1) is 16.1. The standard InChI is InChI=1S/C25H23N5O2S/c1-18-7-6-8-19(15-18)16-26-27-23(31)17-33-25-29-28-24(20-9-4-3-5-10-20)30(25)21-11-13-22(32-2)14-12-21/h3-16H,17H2,1-2H3,(H,27,31)/b26-16+. The number of ether oxygens (including phenoxy) is 1. The molecule has 4 aromatic rings. The monoisotopic (exact) mass is 457 g/mol. The normalized spacial score (nSPS) is 11.0. The number of carbonyl (C=O) groups excluding carboxylic acids is 1. The fourth-order valence-corrected chi connectivity index (χ4v) is 3.94. The summed E-state index contributed by atoms with van der Waals surface area (Å²) in [4.78, 5) is 12.4. The number of hydrogen-bond donors (Lipinski definition) is 1. The lowest BCUT2D eigenvalue weighted by Crippen LogP contribution is -2.20. The fourth-order valence-electron chi connectivity index (χ4n) is 3.19. The van der Waals surface area contributed by atoms with Crippen LogP contribution in [0.25, 0.3) is 17.1 Å². The number of carbonyl (C=O) groups is 1. The van der Waals surface area contributed by atoms with Crippen molar-refractivity contribution in [2.45, 2.75) is 12.1 Å². The number of amides is 1. The summed E-state index contributed by atoms with van der Waals surface area (Å²) in [6.07, 6.45) is 1.63. The predicted octanol–water partition coefficient (Wildman–Crippen LogP) is 4.49. The van der Waals surface area contributed by atoms with E-state index in [1.807, 2.05) is 90.4 Å². The summed E-state index contributed by atoms with van der Waals surface area (Å²) in [6.45, 7) is 2.01. The van der Waals surface area contributed by atoms with Gasteiger partial charge in [-0.1, -0.05) is 71.9 Å². The molecule has 4 rings (SSSR count). The van der Waals surface area contributed by atoms with Crippen LogP contribution in [-0.2, 0) is 4.79 Å². The Morgan fingerprint density at radius 2 is 1.85 bits per heavy atom. The first-order valence-corrected chi connectivity index (χ1v) is 11.3. The molecule has 1 N–H and O–H groups in total. The van der Waals surface area contributed by atoms with E-state index in [-0.39, 0.29) is 11.7 Å². The minimum atomic E-state index is -0.227. The molecule has 33 heavy (non-hydrogen) atoms. The maximum absolute atomic E-state index is 12.4. The lowest BCUT2D eigenvalue weighted by Gasteiger charge is -2.11. The van der Waals surface area contributed by atoms with Crippen LogP contribution >= 0.6 is 11.8 Å². The molecular weight excluding hydrogens is 434 g/mol. The van der Waals surface area contributed by atoms with Gasteiger partial charge in [-0.2, -0.15) is 5.10 Å². The molecule has 0 aliphatic carbocycles. The van der Waals surface area contributed by atoms with Crippen molar-refractivity contribution in [2.75, 3.05) is 12.9 Å². The number of aromatic nitrogens is 3. The number of nitrogens with one attached hydrogen (secondary N) is 1. The molecule has 3 aromatic carbocycles. The lowest BCUT2D eigenvalue weighted by molar-refractivity contribution is -0.118. The van der Waals surface area contributed by atoms with Gasteiger partial charge in [0.1, 0.15) is 5.75 Å². The van der Waals surface area contributed by atoms with Crippen LogP contribution in [0.1, 0.15) is 11.1 Å². The Kier molecular flexibility index (Phi) is 7.16. The van der Waals surface area contributed by atoms with E-state index in [2.05, 4.69) is 20.7 Å². The van der Waals surface area contributed by atoms with Crippen molar-refractivity contribution in [1.29, 1.82) is 0 Å². The average Bonchev–Trinajstić information content (AvgIpc) is 3.27. The van der Waals surface area contributed by atoms with Crippen molar-refractivity contribution in [1.82, 2.24) is 20.2 Å². The van der Waals surface area contributed by atoms with Crippen LogP contribution < -0.4 is 10.2 Å². The van der Waals surface area contributed by atoms with Gasteiger partial charge in [0.25, 0.3) is 5.91 Å². The Hall–Kier alpha value is -3.91. The second-order valence-electron chi connectivity index (χ2n) is 7.20. The fraction of sp³-hybridized carbons (Fsp3) is 0.120. The molecule has 0 radical (unpaired) electrons. The van der Waals surface area contributed by atoms with Crippen LogP contribution in [-0.4, -0.2) is 39.7 Å². The van der Waals surface area contributed by atoms with Gasteiger partial charge in [-0.25, -0.2) is 5.43 Å². The van der Waals surface area contributed by atoms with E-state index in [0.717, 1.165) is 28.1 Å². The molecule has 166 valence electrons. The molecule has 1 amide bonds. The number of hydrazone groups is 1. The molecule has 0 atom stereocenters. The first-order valence-electron chi connectivity index (χ1n) is 10.3. The summed E-state index contributed by atoms with van der Waals surface area (Å²) in [5, 5.41) is 13.4. The maximum Gasteiger partial charge on any atom is 0.250 e. The van der Waals surface area contributed by atoms with E-state index in [4.69, 9.17) is 4.74 Å². The van der Waals surface area contributed by atoms with Gasteiger partial charge in [-0.3, -0.25) is 9.36 Å². The number of hydrogen-bond acceptors (Lipinski definition) is 6. The minimum Gasteiger partial charge on any atom is -0.497 e. The van der Waals surface area contributed by atoms with E-state index in [9.17, 15) is 4.79 Å². The van der Waals surface area contributed by atoms with Gasteiger partial charge in [0.2, 0.25) is 0 Å². The van der Waals surface area contributed by atoms with E-state index in [1.165, 1.54) is 11.8 Å². The molecular formula is C25H23N5O2S. The van der Waals surface area contributed by atoms with Gasteiger partial charge in [0.05, 0.1) is 19.1 Å². The Morgan fingerprint density at radius 3 is 2.58 bits per heavy atom. The number of nitrogens with zero attached hydrogens (tertiary/aromatic N) is 4. The van der Waals surface area contributed by atoms with Gasteiger partial charge in [-0.15, -0.1) is 10.2 Å². The highest BCUT2D eigenvalue weighted by molar-refractivity contribution is 7.99. The number of thioether (sulfide) groups is 1. The van der Waals surface area contributed by atoms with Crippen molar-refractivity contribution < 1.29 is 9.53 Å².